The van der Waals surface area contributed by atoms with Crippen LogP contribution >= 0.6 is 0 Å². The van der Waals surface area contributed by atoms with Crippen molar-refractivity contribution in [1.29, 1.82) is 0 Å². The Morgan fingerprint density at radius 2 is 1.92 bits per heavy atom. The molecule has 0 spiro atoms. The van der Waals surface area contributed by atoms with Crippen molar-refractivity contribution in [1.82, 2.24) is 10.3 Å². The third kappa shape index (κ3) is 4.10. The SMILES string of the molecule is O=C(NCc1cccnc1)c1ccc(S(=O)(=O)C2CCS(=O)(=O)C2)cc1. The first kappa shape index (κ1) is 18.5. The lowest BCUT2D eigenvalue weighted by molar-refractivity contribution is 0.0950. The molecule has 0 radical (unpaired) electrons. The van der Waals surface area contributed by atoms with Crippen LogP contribution < -0.4 is 5.32 Å². The normalized spacial score (nSPS) is 19.2. The van der Waals surface area contributed by atoms with Crippen molar-refractivity contribution in [2.24, 2.45) is 0 Å². The number of amides is 1. The van der Waals surface area contributed by atoms with Crippen LogP contribution in [0.4, 0.5) is 0 Å². The van der Waals surface area contributed by atoms with E-state index in [0.717, 1.165) is 5.56 Å². The number of nitrogens with one attached hydrogen (secondary N) is 1. The summed E-state index contributed by atoms with van der Waals surface area (Å²) in [5, 5.41) is 1.81. The van der Waals surface area contributed by atoms with Gasteiger partial charge in [-0.3, -0.25) is 9.78 Å². The predicted molar refractivity (Wildman–Crippen MR) is 96.1 cm³/mol. The molecule has 1 fully saturated rings. The van der Waals surface area contributed by atoms with Crippen LogP contribution in [-0.2, 0) is 26.2 Å². The van der Waals surface area contributed by atoms with Crippen LogP contribution in [0.3, 0.4) is 0 Å². The van der Waals surface area contributed by atoms with Crippen LogP contribution in [0.15, 0.2) is 53.7 Å². The van der Waals surface area contributed by atoms with E-state index in [-0.39, 0.29) is 28.7 Å². The zero-order valence-electron chi connectivity index (χ0n) is 13.8. The smallest absolute Gasteiger partial charge is 0.251 e. The van der Waals surface area contributed by atoms with Gasteiger partial charge in [0, 0.05) is 24.5 Å². The molecular formula is C17H18N2O5S2. The second-order valence-electron chi connectivity index (χ2n) is 6.14. The van der Waals surface area contributed by atoms with Gasteiger partial charge in [-0.15, -0.1) is 0 Å². The fourth-order valence-corrected chi connectivity index (χ4v) is 7.14. The van der Waals surface area contributed by atoms with Crippen LogP contribution in [-0.4, -0.2) is 44.5 Å². The summed E-state index contributed by atoms with van der Waals surface area (Å²) in [7, 11) is -7.02. The van der Waals surface area contributed by atoms with E-state index in [1.807, 2.05) is 6.07 Å². The van der Waals surface area contributed by atoms with Crippen LogP contribution in [0.25, 0.3) is 0 Å². The predicted octanol–water partition coefficient (Wildman–Crippen LogP) is 0.972. The Hall–Kier alpha value is -2.26. The van der Waals surface area contributed by atoms with E-state index in [1.54, 1.807) is 18.5 Å². The number of nitrogens with zero attached hydrogens (tertiary/aromatic N) is 1. The molecular weight excluding hydrogens is 376 g/mol. The van der Waals surface area contributed by atoms with Crippen molar-refractivity contribution < 1.29 is 21.6 Å². The van der Waals surface area contributed by atoms with Gasteiger partial charge in [-0.1, -0.05) is 6.07 Å². The van der Waals surface area contributed by atoms with Gasteiger partial charge in [0.1, 0.15) is 0 Å². The average molecular weight is 394 g/mol. The molecule has 1 N–H and O–H groups in total. The van der Waals surface area contributed by atoms with E-state index in [0.29, 0.717) is 12.1 Å². The van der Waals surface area contributed by atoms with E-state index >= 15 is 0 Å². The molecule has 1 aliphatic rings. The summed E-state index contributed by atoms with van der Waals surface area (Å²) in [5.74, 6) is -0.782. The first-order chi connectivity index (χ1) is 12.3. The minimum Gasteiger partial charge on any atom is -0.348 e. The standard InChI is InChI=1S/C17H18N2O5S2/c20-17(19-11-13-2-1-8-18-10-13)14-3-5-15(6-4-14)26(23,24)16-7-9-25(21,22)12-16/h1-6,8,10,16H,7,9,11-12H2,(H,19,20). The lowest BCUT2D eigenvalue weighted by Gasteiger charge is -2.11. The van der Waals surface area contributed by atoms with Crippen molar-refractivity contribution in [2.45, 2.75) is 23.1 Å². The number of aromatic nitrogens is 1. The summed E-state index contributed by atoms with van der Waals surface area (Å²) in [6.45, 7) is 0.312. The van der Waals surface area contributed by atoms with Crippen molar-refractivity contribution in [2.75, 3.05) is 11.5 Å². The number of carbonyl (C=O) groups excluding carboxylic acids is 1. The summed E-state index contributed by atoms with van der Waals surface area (Å²) < 4.78 is 48.1. The number of hydrogen-bond acceptors (Lipinski definition) is 6. The van der Waals surface area contributed by atoms with Crippen LogP contribution in [0, 0.1) is 0 Å². The van der Waals surface area contributed by atoms with E-state index in [4.69, 9.17) is 0 Å². The number of pyridine rings is 1. The molecule has 9 heteroatoms. The monoisotopic (exact) mass is 394 g/mol. The van der Waals surface area contributed by atoms with E-state index in [2.05, 4.69) is 10.3 Å². The third-order valence-corrected chi connectivity index (χ3v) is 8.44. The highest BCUT2D eigenvalue weighted by Gasteiger charge is 2.37. The number of rotatable bonds is 5. The van der Waals surface area contributed by atoms with E-state index < -0.39 is 24.9 Å². The zero-order valence-corrected chi connectivity index (χ0v) is 15.5. The molecule has 26 heavy (non-hydrogen) atoms. The minimum atomic E-state index is -3.73. The Kier molecular flexibility index (Phi) is 5.10. The number of sulfone groups is 2. The third-order valence-electron chi connectivity index (χ3n) is 4.25. The van der Waals surface area contributed by atoms with Gasteiger partial charge >= 0.3 is 0 Å². The number of carbonyl (C=O) groups is 1. The molecule has 1 atom stereocenters. The molecule has 7 nitrogen and oxygen atoms in total. The molecule has 138 valence electrons. The van der Waals surface area contributed by atoms with Crippen LogP contribution in [0.1, 0.15) is 22.3 Å². The molecule has 3 rings (SSSR count). The zero-order chi connectivity index (χ0) is 18.8. The molecule has 1 aromatic heterocycles. The van der Waals surface area contributed by atoms with Gasteiger partial charge in [-0.2, -0.15) is 0 Å². The molecule has 1 saturated heterocycles. The van der Waals surface area contributed by atoms with Gasteiger partial charge < -0.3 is 5.32 Å². The van der Waals surface area contributed by atoms with Gasteiger partial charge in [0.15, 0.2) is 19.7 Å². The van der Waals surface area contributed by atoms with Gasteiger partial charge in [-0.25, -0.2) is 16.8 Å². The maximum atomic E-state index is 12.5. The van der Waals surface area contributed by atoms with Gasteiger partial charge in [-0.05, 0) is 42.3 Å². The first-order valence-corrected chi connectivity index (χ1v) is 11.4. The van der Waals surface area contributed by atoms with Crippen molar-refractivity contribution in [3.8, 4) is 0 Å². The summed E-state index contributed by atoms with van der Waals surface area (Å²) in [6.07, 6.45) is 3.39. The van der Waals surface area contributed by atoms with E-state index in [1.165, 1.54) is 24.3 Å². The van der Waals surface area contributed by atoms with Gasteiger partial charge in [0.05, 0.1) is 21.7 Å². The summed E-state index contributed by atoms with van der Waals surface area (Å²) in [4.78, 5) is 16.2. The van der Waals surface area contributed by atoms with Gasteiger partial charge in [0.2, 0.25) is 0 Å². The number of hydrogen-bond donors (Lipinski definition) is 1. The average Bonchev–Trinajstić information content (AvgIpc) is 3.01. The highest BCUT2D eigenvalue weighted by atomic mass is 32.2. The molecule has 0 saturated carbocycles. The Bertz CT molecular complexity index is 1000. The Balaban J connectivity index is 1.69. The summed E-state index contributed by atoms with van der Waals surface area (Å²) in [6, 6.07) is 9.14. The second-order valence-corrected chi connectivity index (χ2v) is 10.6. The van der Waals surface area contributed by atoms with Crippen molar-refractivity contribution in [3.63, 3.8) is 0 Å². The Morgan fingerprint density at radius 1 is 1.19 bits per heavy atom. The molecule has 1 unspecified atom stereocenters. The van der Waals surface area contributed by atoms with Crippen molar-refractivity contribution >= 4 is 25.6 Å². The second kappa shape index (κ2) is 7.16. The molecule has 2 heterocycles. The number of benzene rings is 1. The minimum absolute atomic E-state index is 0.0309. The molecule has 2 aromatic rings. The highest BCUT2D eigenvalue weighted by Crippen LogP contribution is 2.25. The molecule has 1 aliphatic heterocycles. The lowest BCUT2D eigenvalue weighted by Crippen LogP contribution is -2.24. The van der Waals surface area contributed by atoms with Crippen molar-refractivity contribution in [3.05, 3.63) is 59.9 Å². The maximum Gasteiger partial charge on any atom is 0.251 e. The fourth-order valence-electron chi connectivity index (χ4n) is 2.78. The Labute approximate surface area is 152 Å². The topological polar surface area (TPSA) is 110 Å². The Morgan fingerprint density at radius 3 is 2.50 bits per heavy atom. The molecule has 0 aliphatic carbocycles. The molecule has 1 aromatic carbocycles. The largest absolute Gasteiger partial charge is 0.348 e. The van der Waals surface area contributed by atoms with Crippen LogP contribution in [0.5, 0.6) is 0 Å². The van der Waals surface area contributed by atoms with Gasteiger partial charge in [0.25, 0.3) is 5.91 Å². The summed E-state index contributed by atoms with van der Waals surface area (Å²) in [5.41, 5.74) is 1.18. The quantitative estimate of drug-likeness (QED) is 0.809. The molecule has 1 amide bonds. The first-order valence-electron chi connectivity index (χ1n) is 7.99. The van der Waals surface area contributed by atoms with E-state index in [9.17, 15) is 21.6 Å². The summed E-state index contributed by atoms with van der Waals surface area (Å²) >= 11 is 0. The fraction of sp³-hybridized carbons (Fsp3) is 0.294. The molecule has 0 bridgehead atoms. The maximum absolute atomic E-state index is 12.5. The van der Waals surface area contributed by atoms with Crippen LogP contribution in [0.2, 0.25) is 0 Å². The lowest BCUT2D eigenvalue weighted by atomic mass is 10.2. The highest BCUT2D eigenvalue weighted by molar-refractivity contribution is 7.96.